The molecule has 4 heterocycles. The summed E-state index contributed by atoms with van der Waals surface area (Å²) in [4.78, 5) is 47.8. The van der Waals surface area contributed by atoms with Crippen molar-refractivity contribution in [3.05, 3.63) is 10.6 Å². The Labute approximate surface area is 256 Å². The van der Waals surface area contributed by atoms with Gasteiger partial charge in [-0.15, -0.1) is 11.8 Å². The molecule has 0 radical (unpaired) electrons. The summed E-state index contributed by atoms with van der Waals surface area (Å²) in [6.45, 7) is 8.95. The van der Waals surface area contributed by atoms with Crippen LogP contribution < -0.4 is 11.1 Å². The number of amides is 2. The van der Waals surface area contributed by atoms with Crippen molar-refractivity contribution in [2.24, 2.45) is 22.6 Å². The van der Waals surface area contributed by atoms with E-state index in [1.54, 1.807) is 20.8 Å². The molecular weight excluding hydrogens is 588 g/mol. The zero-order valence-electron chi connectivity index (χ0n) is 25.4. The lowest BCUT2D eigenvalue weighted by atomic mass is 9.79. The minimum absolute atomic E-state index is 0. The number of hydrogen-bond donors (Lipinski definition) is 5. The van der Waals surface area contributed by atoms with Gasteiger partial charge in [-0.3, -0.25) is 19.8 Å². The molecule has 43 heavy (non-hydrogen) atoms. The number of amidine groups is 1. The number of carbonyl (C=O) groups is 3. The molecule has 0 bridgehead atoms. The number of rotatable bonds is 10. The molecule has 7 atom stereocenters. The average Bonchev–Trinajstić information content (AvgIpc) is 3.34. The quantitative estimate of drug-likeness (QED) is 0.0540. The summed E-state index contributed by atoms with van der Waals surface area (Å²) in [5.74, 6) is -1.64. The molecule has 0 aromatic rings. The van der Waals surface area contributed by atoms with Gasteiger partial charge in [-0.1, -0.05) is 6.92 Å². The zero-order chi connectivity index (χ0) is 29.7. The van der Waals surface area contributed by atoms with Crippen LogP contribution in [-0.4, -0.2) is 140 Å². The van der Waals surface area contributed by atoms with Gasteiger partial charge in [0.1, 0.15) is 12.4 Å². The van der Waals surface area contributed by atoms with Gasteiger partial charge in [-0.2, -0.15) is 0 Å². The molecule has 0 saturated carbocycles. The second-order valence-corrected chi connectivity index (χ2v) is 12.1. The molecular formula is C26H50N6O10S. The number of aliphatic imine (C=N–C) groups is 1. The number of aliphatic hydroxyl groups is 2. The Morgan fingerprint density at radius 3 is 2.44 bits per heavy atom. The van der Waals surface area contributed by atoms with Crippen molar-refractivity contribution in [3.63, 3.8) is 0 Å². The van der Waals surface area contributed by atoms with Crippen LogP contribution in [0.5, 0.6) is 0 Å². The number of piperidine rings is 1. The SMILES string of the molecule is CC(N)=NCOCN[C@H]1CCN([C@@H]2C[C@H](SC3=C(C(=O)O)N4C(=O)[C@H]([C@@H](C)O)[C@H]4[C@H]3C)CN2C)C(=O)C1.CCO.O.O.O. The lowest BCUT2D eigenvalue weighted by molar-refractivity contribution is -0.163. The van der Waals surface area contributed by atoms with Crippen LogP contribution in [0.4, 0.5) is 0 Å². The summed E-state index contributed by atoms with van der Waals surface area (Å²) in [5, 5.41) is 30.9. The van der Waals surface area contributed by atoms with Crippen LogP contribution in [0.25, 0.3) is 0 Å². The molecule has 2 amide bonds. The van der Waals surface area contributed by atoms with Crippen molar-refractivity contribution >= 4 is 35.4 Å². The summed E-state index contributed by atoms with van der Waals surface area (Å²) in [6.07, 6.45) is 1.03. The van der Waals surface area contributed by atoms with Gasteiger partial charge in [0.25, 0.3) is 0 Å². The first-order valence-corrected chi connectivity index (χ1v) is 14.6. The Kier molecular flexibility index (Phi) is 16.8. The van der Waals surface area contributed by atoms with E-state index >= 15 is 0 Å². The molecule has 0 spiro atoms. The van der Waals surface area contributed by atoms with Gasteiger partial charge in [-0.25, -0.2) is 9.79 Å². The first-order valence-electron chi connectivity index (χ1n) is 13.8. The minimum Gasteiger partial charge on any atom is -0.477 e. The number of likely N-dealkylation sites (tertiary alicyclic amines) is 2. The van der Waals surface area contributed by atoms with Gasteiger partial charge < -0.3 is 52.0 Å². The van der Waals surface area contributed by atoms with Gasteiger partial charge in [0, 0.05) is 48.2 Å². The normalized spacial score (nSPS) is 29.4. The predicted octanol–water partition coefficient (Wildman–Crippen LogP) is -2.68. The van der Waals surface area contributed by atoms with Crippen molar-refractivity contribution in [1.29, 1.82) is 0 Å². The number of aliphatic hydroxyl groups excluding tert-OH is 2. The fraction of sp³-hybridized carbons (Fsp3) is 0.769. The highest BCUT2D eigenvalue weighted by Gasteiger charge is 2.60. The Morgan fingerprint density at radius 2 is 1.91 bits per heavy atom. The molecule has 4 rings (SSSR count). The van der Waals surface area contributed by atoms with Crippen molar-refractivity contribution in [3.8, 4) is 0 Å². The average molecular weight is 639 g/mol. The number of nitrogens with one attached hydrogen (secondary N) is 1. The standard InChI is InChI=1S/C24H38N6O6S.C2H6O.3H2O/c1-12-20-19(13(2)31)23(33)30(20)21(24(34)35)22(12)37-16-8-17(28(4)9-16)29-6-5-15(7-18(29)32)27-11-36-10-26-14(3)25;1-2-3;;;/h12-13,15-17,19-20,27,31H,5-11H2,1-4H3,(H2,25,26)(H,34,35);3H,2H2,1H3;3*1H2/t12-,13-,15+,16+,17-,19-,20-;;;;/m1..../s1. The molecule has 12 N–H and O–H groups in total. The van der Waals surface area contributed by atoms with Crippen LogP contribution >= 0.6 is 11.8 Å². The smallest absolute Gasteiger partial charge is 0.353 e. The third kappa shape index (κ3) is 9.09. The van der Waals surface area contributed by atoms with Gasteiger partial charge in [0.15, 0.2) is 0 Å². The van der Waals surface area contributed by atoms with Crippen LogP contribution in [0.15, 0.2) is 15.6 Å². The summed E-state index contributed by atoms with van der Waals surface area (Å²) in [5.41, 5.74) is 5.53. The van der Waals surface area contributed by atoms with Crippen LogP contribution in [0, 0.1) is 11.8 Å². The topological polar surface area (TPSA) is 276 Å². The fourth-order valence-electron chi connectivity index (χ4n) is 5.95. The molecule has 16 nitrogen and oxygen atoms in total. The van der Waals surface area contributed by atoms with E-state index in [1.165, 1.54) is 16.7 Å². The molecule has 250 valence electrons. The van der Waals surface area contributed by atoms with Crippen molar-refractivity contribution in [2.75, 3.05) is 40.2 Å². The second-order valence-electron chi connectivity index (χ2n) is 10.7. The number of nitrogens with two attached hydrogens (primary N) is 1. The number of carbonyl (C=O) groups excluding carboxylic acids is 2. The lowest BCUT2D eigenvalue weighted by Gasteiger charge is -2.46. The zero-order valence-corrected chi connectivity index (χ0v) is 26.3. The Hall–Kier alpha value is -2.35. The molecule has 3 fully saturated rings. The molecule has 0 aromatic heterocycles. The van der Waals surface area contributed by atoms with Crippen molar-refractivity contribution < 1.29 is 50.9 Å². The number of ether oxygens (including phenoxy) is 1. The molecule has 4 aliphatic rings. The fourth-order valence-corrected chi connectivity index (χ4v) is 7.54. The Bertz CT molecular complexity index is 1010. The summed E-state index contributed by atoms with van der Waals surface area (Å²) in [6, 6.07) is -0.283. The third-order valence-corrected chi connectivity index (χ3v) is 9.27. The van der Waals surface area contributed by atoms with Gasteiger partial charge in [0.05, 0.1) is 36.8 Å². The number of aliphatic carboxylic acids is 1. The first-order chi connectivity index (χ1) is 18.9. The van der Waals surface area contributed by atoms with E-state index in [2.05, 4.69) is 15.2 Å². The number of carboxylic acid groups (broad SMARTS) is 1. The minimum atomic E-state index is -1.11. The van der Waals surface area contributed by atoms with Crippen molar-refractivity contribution in [2.45, 2.75) is 76.6 Å². The van der Waals surface area contributed by atoms with Gasteiger partial charge in [0.2, 0.25) is 11.8 Å². The number of hydrogen-bond acceptors (Lipinski definition) is 10. The maximum absolute atomic E-state index is 13.0. The van der Waals surface area contributed by atoms with Crippen LogP contribution in [-0.2, 0) is 19.1 Å². The number of fused-ring (bicyclic) bond motifs is 1. The number of nitrogens with zero attached hydrogens (tertiary/aromatic N) is 4. The number of carboxylic acids is 1. The summed E-state index contributed by atoms with van der Waals surface area (Å²) >= 11 is 1.51. The van der Waals surface area contributed by atoms with Gasteiger partial charge >= 0.3 is 5.97 Å². The number of β-lactam (4-membered cyclic amide) rings is 1. The monoisotopic (exact) mass is 638 g/mol. The van der Waals surface area contributed by atoms with E-state index in [0.29, 0.717) is 43.4 Å². The third-order valence-electron chi connectivity index (χ3n) is 7.78. The van der Waals surface area contributed by atoms with E-state index in [1.807, 2.05) is 18.9 Å². The Morgan fingerprint density at radius 1 is 1.28 bits per heavy atom. The molecule has 17 heteroatoms. The van der Waals surface area contributed by atoms with E-state index < -0.39 is 18.0 Å². The first kappa shape index (κ1) is 40.6. The highest BCUT2D eigenvalue weighted by molar-refractivity contribution is 8.03. The predicted molar refractivity (Wildman–Crippen MR) is 162 cm³/mol. The van der Waals surface area contributed by atoms with E-state index in [0.717, 1.165) is 6.42 Å². The largest absolute Gasteiger partial charge is 0.477 e. The van der Waals surface area contributed by atoms with E-state index in [-0.39, 0.29) is 76.7 Å². The summed E-state index contributed by atoms with van der Waals surface area (Å²) in [7, 11) is 1.99. The molecule has 0 aromatic carbocycles. The molecule has 0 aliphatic carbocycles. The van der Waals surface area contributed by atoms with Crippen molar-refractivity contribution in [1.82, 2.24) is 20.0 Å². The highest BCUT2D eigenvalue weighted by atomic mass is 32.2. The van der Waals surface area contributed by atoms with Crippen LogP contribution in [0.1, 0.15) is 47.0 Å². The lowest BCUT2D eigenvalue weighted by Crippen LogP contribution is -2.63. The maximum atomic E-state index is 13.0. The highest BCUT2D eigenvalue weighted by Crippen LogP contribution is 2.52. The molecule has 4 aliphatic heterocycles. The van der Waals surface area contributed by atoms with E-state index in [4.69, 9.17) is 15.6 Å². The van der Waals surface area contributed by atoms with E-state index in [9.17, 15) is 24.6 Å². The summed E-state index contributed by atoms with van der Waals surface area (Å²) < 4.78 is 5.38. The van der Waals surface area contributed by atoms with Crippen LogP contribution in [0.3, 0.4) is 0 Å². The Balaban J connectivity index is 0.00000282. The second kappa shape index (κ2) is 17.8. The maximum Gasteiger partial charge on any atom is 0.353 e. The number of thioether (sulfide) groups is 1. The van der Waals surface area contributed by atoms with Crippen LogP contribution in [0.2, 0.25) is 0 Å². The molecule has 3 saturated heterocycles. The molecule has 0 unspecified atom stereocenters. The van der Waals surface area contributed by atoms with Gasteiger partial charge in [-0.05, 0) is 40.7 Å².